The molecule has 1 fully saturated rings. The molecular weight excluding hydrogens is 455 g/mol. The van der Waals surface area contributed by atoms with Crippen molar-refractivity contribution in [2.75, 3.05) is 32.5 Å². The van der Waals surface area contributed by atoms with Crippen LogP contribution >= 0.6 is 11.8 Å². The van der Waals surface area contributed by atoms with Crippen molar-refractivity contribution in [3.05, 3.63) is 54.6 Å². The van der Waals surface area contributed by atoms with E-state index in [1.807, 2.05) is 24.3 Å². The molecule has 3 heterocycles. The molecule has 0 spiro atoms. The van der Waals surface area contributed by atoms with Gasteiger partial charge in [-0.1, -0.05) is 0 Å². The van der Waals surface area contributed by atoms with Gasteiger partial charge in [-0.25, -0.2) is 4.39 Å². The summed E-state index contributed by atoms with van der Waals surface area (Å²) in [5, 5.41) is 10.2. The normalized spacial score (nSPS) is 19.8. The van der Waals surface area contributed by atoms with Crippen LogP contribution in [0.5, 0.6) is 5.75 Å². The average Bonchev–Trinajstić information content (AvgIpc) is 3.36. The Kier molecular flexibility index (Phi) is 8.45. The number of aliphatic carboxylic acids is 1. The van der Waals surface area contributed by atoms with E-state index in [0.29, 0.717) is 24.2 Å². The third-order valence-corrected chi connectivity index (χ3v) is 7.65. The highest BCUT2D eigenvalue weighted by molar-refractivity contribution is 7.99. The predicted molar refractivity (Wildman–Crippen MR) is 131 cm³/mol. The van der Waals surface area contributed by atoms with Crippen molar-refractivity contribution in [2.45, 2.75) is 36.8 Å². The molecule has 0 radical (unpaired) electrons. The van der Waals surface area contributed by atoms with Gasteiger partial charge in [0.2, 0.25) is 0 Å². The van der Waals surface area contributed by atoms with Crippen molar-refractivity contribution in [3.8, 4) is 5.75 Å². The van der Waals surface area contributed by atoms with Gasteiger partial charge >= 0.3 is 5.97 Å². The Morgan fingerprint density at radius 3 is 3.00 bits per heavy atom. The summed E-state index contributed by atoms with van der Waals surface area (Å²) in [6, 6.07) is 9.18. The van der Waals surface area contributed by atoms with Gasteiger partial charge in [0.1, 0.15) is 18.2 Å². The lowest BCUT2D eigenvalue weighted by atomic mass is 9.79. The first-order chi connectivity index (χ1) is 16.5. The third-order valence-electron chi connectivity index (χ3n) is 6.69. The molecule has 0 aliphatic carbocycles. The van der Waals surface area contributed by atoms with Crippen LogP contribution in [0.15, 0.2) is 58.4 Å². The summed E-state index contributed by atoms with van der Waals surface area (Å²) < 4.78 is 25.8. The monoisotopic (exact) mass is 486 g/mol. The number of carboxylic acid groups (broad SMARTS) is 1. The van der Waals surface area contributed by atoms with Crippen molar-refractivity contribution >= 4 is 28.6 Å². The van der Waals surface area contributed by atoms with Crippen molar-refractivity contribution in [1.29, 1.82) is 0 Å². The van der Waals surface area contributed by atoms with E-state index in [-0.39, 0.29) is 18.3 Å². The Morgan fingerprint density at radius 1 is 1.35 bits per heavy atom. The second-order valence-corrected chi connectivity index (χ2v) is 10.0. The molecule has 34 heavy (non-hydrogen) atoms. The van der Waals surface area contributed by atoms with Crippen molar-refractivity contribution in [3.63, 3.8) is 0 Å². The number of thioether (sulfide) groups is 1. The van der Waals surface area contributed by atoms with Gasteiger partial charge in [-0.15, -0.1) is 11.8 Å². The fourth-order valence-electron chi connectivity index (χ4n) is 4.88. The van der Waals surface area contributed by atoms with Gasteiger partial charge in [-0.3, -0.25) is 9.78 Å². The van der Waals surface area contributed by atoms with Crippen LogP contribution in [-0.2, 0) is 4.79 Å². The van der Waals surface area contributed by atoms with Gasteiger partial charge in [0.05, 0.1) is 18.9 Å². The number of rotatable bonds is 11. The van der Waals surface area contributed by atoms with Gasteiger partial charge in [-0.05, 0) is 73.5 Å². The molecule has 0 bridgehead atoms. The fourth-order valence-corrected chi connectivity index (χ4v) is 5.74. The van der Waals surface area contributed by atoms with E-state index < -0.39 is 12.1 Å². The number of furan rings is 1. The number of pyridine rings is 1. The van der Waals surface area contributed by atoms with Gasteiger partial charge in [0, 0.05) is 41.7 Å². The molecule has 1 aromatic carbocycles. The topological polar surface area (TPSA) is 75.8 Å². The first-order valence-corrected chi connectivity index (χ1v) is 12.7. The molecule has 4 rings (SSSR count). The number of fused-ring (bicyclic) bond motifs is 1. The zero-order valence-corrected chi connectivity index (χ0v) is 20.2. The Balaban J connectivity index is 1.35. The van der Waals surface area contributed by atoms with Crippen LogP contribution in [0.1, 0.15) is 37.4 Å². The van der Waals surface area contributed by atoms with Gasteiger partial charge < -0.3 is 19.2 Å². The van der Waals surface area contributed by atoms with Crippen molar-refractivity contribution in [1.82, 2.24) is 9.88 Å². The molecule has 0 unspecified atom stereocenters. The Bertz CT molecular complexity index is 1080. The molecule has 8 heteroatoms. The lowest BCUT2D eigenvalue weighted by molar-refractivity contribution is -0.139. The largest absolute Gasteiger partial charge is 0.497 e. The summed E-state index contributed by atoms with van der Waals surface area (Å²) in [6.45, 7) is 2.56. The number of carboxylic acids is 1. The van der Waals surface area contributed by atoms with E-state index in [9.17, 15) is 9.90 Å². The van der Waals surface area contributed by atoms with Crippen LogP contribution < -0.4 is 4.74 Å². The fraction of sp³-hybridized carbons (Fsp3) is 0.462. The molecule has 182 valence electrons. The zero-order valence-electron chi connectivity index (χ0n) is 19.4. The number of alkyl halides is 1. The Morgan fingerprint density at radius 2 is 2.24 bits per heavy atom. The van der Waals surface area contributed by atoms with Crippen LogP contribution in [0.3, 0.4) is 0 Å². The summed E-state index contributed by atoms with van der Waals surface area (Å²) in [5.74, 6) is 1.05. The predicted octanol–water partition coefficient (Wildman–Crippen LogP) is 5.83. The number of hydrogen-bond donors (Lipinski definition) is 1. The average molecular weight is 487 g/mol. The van der Waals surface area contributed by atoms with E-state index in [1.54, 1.807) is 43.7 Å². The van der Waals surface area contributed by atoms with Gasteiger partial charge in [0.25, 0.3) is 0 Å². The molecule has 3 aromatic rings. The highest BCUT2D eigenvalue weighted by atomic mass is 32.2. The third kappa shape index (κ3) is 6.30. The SMILES string of the molecule is COc1ccc2nccc([C@H](F)CC[C@@H]3CCN(CCSc4ccoc4)C[C@@H]3CC(=O)O)c2c1. The number of benzene rings is 1. The van der Waals surface area contributed by atoms with E-state index in [4.69, 9.17) is 9.15 Å². The molecule has 1 aliphatic heterocycles. The molecule has 6 nitrogen and oxygen atoms in total. The zero-order chi connectivity index (χ0) is 23.9. The molecule has 1 aliphatic rings. The molecule has 1 saturated heterocycles. The number of halogens is 1. The minimum atomic E-state index is -1.13. The minimum Gasteiger partial charge on any atom is -0.497 e. The number of nitrogens with zero attached hydrogens (tertiary/aromatic N) is 2. The number of aromatic nitrogens is 1. The number of piperidine rings is 1. The molecular formula is C26H31FN2O4S. The highest BCUT2D eigenvalue weighted by Gasteiger charge is 2.31. The van der Waals surface area contributed by atoms with E-state index in [1.165, 1.54) is 0 Å². The molecule has 3 atom stereocenters. The maximum Gasteiger partial charge on any atom is 0.303 e. The van der Waals surface area contributed by atoms with Crippen LogP contribution in [0.2, 0.25) is 0 Å². The van der Waals surface area contributed by atoms with Gasteiger partial charge in [0.15, 0.2) is 0 Å². The second kappa shape index (κ2) is 11.7. The number of ether oxygens (including phenoxy) is 1. The van der Waals surface area contributed by atoms with Crippen LogP contribution in [0.4, 0.5) is 4.39 Å². The minimum absolute atomic E-state index is 0.0339. The summed E-state index contributed by atoms with van der Waals surface area (Å²) >= 11 is 1.74. The lowest BCUT2D eigenvalue weighted by Gasteiger charge is -2.38. The first kappa shape index (κ1) is 24.5. The molecule has 2 aromatic heterocycles. The van der Waals surface area contributed by atoms with Gasteiger partial charge in [-0.2, -0.15) is 0 Å². The maximum atomic E-state index is 15.4. The van der Waals surface area contributed by atoms with E-state index in [2.05, 4.69) is 9.88 Å². The summed E-state index contributed by atoms with van der Waals surface area (Å²) in [4.78, 5) is 19.3. The Hall–Kier alpha value is -2.58. The molecule has 1 N–H and O–H groups in total. The number of likely N-dealkylation sites (tertiary alicyclic amines) is 1. The van der Waals surface area contributed by atoms with Crippen molar-refractivity contribution in [2.24, 2.45) is 11.8 Å². The quantitative estimate of drug-likeness (QED) is 0.342. The molecule has 0 amide bonds. The summed E-state index contributed by atoms with van der Waals surface area (Å²) in [6.07, 6.45) is 5.98. The smallest absolute Gasteiger partial charge is 0.303 e. The standard InChI is InChI=1S/C26H31FN2O4S/c1-32-20-3-5-25-23(15-20)22(6-9-28-25)24(27)4-2-18-7-10-29(16-19(18)14-26(30)31)11-13-34-21-8-12-33-17-21/h3,5-6,8-9,12,15,17-19,24H,2,4,7,10-11,13-14,16H2,1H3,(H,30,31)/t18-,19+,24-/m1/s1. The first-order valence-electron chi connectivity index (χ1n) is 11.7. The summed E-state index contributed by atoms with van der Waals surface area (Å²) in [7, 11) is 1.59. The number of methoxy groups -OCH3 is 1. The van der Waals surface area contributed by atoms with E-state index in [0.717, 1.165) is 47.6 Å². The van der Waals surface area contributed by atoms with Crippen molar-refractivity contribution < 1.29 is 23.4 Å². The maximum absolute atomic E-state index is 15.4. The van der Waals surface area contributed by atoms with Crippen LogP contribution in [-0.4, -0.2) is 53.5 Å². The number of hydrogen-bond acceptors (Lipinski definition) is 6. The second-order valence-electron chi connectivity index (χ2n) is 8.84. The summed E-state index contributed by atoms with van der Waals surface area (Å²) in [5.41, 5.74) is 1.36. The highest BCUT2D eigenvalue weighted by Crippen LogP contribution is 2.36. The van der Waals surface area contributed by atoms with Crippen LogP contribution in [0, 0.1) is 11.8 Å². The van der Waals surface area contributed by atoms with E-state index >= 15 is 4.39 Å². The lowest BCUT2D eigenvalue weighted by Crippen LogP contribution is -2.42. The molecule has 0 saturated carbocycles. The Labute approximate surface area is 203 Å². The van der Waals surface area contributed by atoms with Crippen LogP contribution in [0.25, 0.3) is 10.9 Å². The number of carbonyl (C=O) groups is 1.